The van der Waals surface area contributed by atoms with Gasteiger partial charge in [0, 0.05) is 25.4 Å². The van der Waals surface area contributed by atoms with Gasteiger partial charge in [0.2, 0.25) is 11.8 Å². The fourth-order valence-corrected chi connectivity index (χ4v) is 4.37. The number of benzene rings is 3. The van der Waals surface area contributed by atoms with E-state index in [1.807, 2.05) is 48.5 Å². The van der Waals surface area contributed by atoms with E-state index in [0.717, 1.165) is 16.5 Å². The van der Waals surface area contributed by atoms with Crippen molar-refractivity contribution in [3.63, 3.8) is 0 Å². The molecule has 0 aliphatic carbocycles. The van der Waals surface area contributed by atoms with Crippen LogP contribution in [0.2, 0.25) is 0 Å². The van der Waals surface area contributed by atoms with Crippen LogP contribution in [-0.2, 0) is 16.1 Å². The molecule has 1 atom stereocenters. The maximum Gasteiger partial charge on any atom is 0.258 e. The van der Waals surface area contributed by atoms with Crippen molar-refractivity contribution in [2.75, 3.05) is 18.5 Å². The summed E-state index contributed by atoms with van der Waals surface area (Å²) in [5.74, 6) is -0.235. The van der Waals surface area contributed by atoms with Gasteiger partial charge in [-0.15, -0.1) is 0 Å². The number of para-hydroxylation sites is 1. The second kappa shape index (κ2) is 7.92. The number of carbonyl (C=O) groups is 2. The number of nitrogens with zero attached hydrogens (tertiary/aromatic N) is 3. The van der Waals surface area contributed by atoms with E-state index in [2.05, 4.69) is 9.97 Å². The quantitative estimate of drug-likeness (QED) is 0.543. The van der Waals surface area contributed by atoms with Crippen molar-refractivity contribution < 1.29 is 9.59 Å². The number of hydrogen-bond donors (Lipinski definition) is 1. The Kier molecular flexibility index (Phi) is 4.93. The number of anilines is 1. The van der Waals surface area contributed by atoms with E-state index in [1.165, 1.54) is 4.90 Å². The van der Waals surface area contributed by atoms with Crippen molar-refractivity contribution >= 4 is 39.2 Å². The highest BCUT2D eigenvalue weighted by atomic mass is 16.2. The Morgan fingerprint density at radius 2 is 1.75 bits per heavy atom. The van der Waals surface area contributed by atoms with Crippen LogP contribution in [0.1, 0.15) is 12.2 Å². The maximum atomic E-state index is 13.1. The summed E-state index contributed by atoms with van der Waals surface area (Å²) >= 11 is 0. The van der Waals surface area contributed by atoms with Crippen LogP contribution in [0.3, 0.4) is 0 Å². The first-order valence-corrected chi connectivity index (χ1v) is 10.5. The lowest BCUT2D eigenvalue weighted by Gasteiger charge is -2.22. The van der Waals surface area contributed by atoms with Gasteiger partial charge in [-0.2, -0.15) is 0 Å². The predicted molar refractivity (Wildman–Crippen MR) is 123 cm³/mol. The molecule has 1 N–H and O–H groups in total. The third-order valence-corrected chi connectivity index (χ3v) is 5.96. The molecular formula is C25H22N4O3. The van der Waals surface area contributed by atoms with Crippen LogP contribution in [-0.4, -0.2) is 40.3 Å². The molecule has 4 aromatic rings. The van der Waals surface area contributed by atoms with Crippen LogP contribution in [0.4, 0.5) is 5.69 Å². The minimum absolute atomic E-state index is 0.0645. The summed E-state index contributed by atoms with van der Waals surface area (Å²) in [7, 11) is 1.67. The highest BCUT2D eigenvalue weighted by Crippen LogP contribution is 2.32. The number of aromatic nitrogens is 2. The molecule has 2 heterocycles. The van der Waals surface area contributed by atoms with Gasteiger partial charge in [-0.25, -0.2) is 4.98 Å². The van der Waals surface area contributed by atoms with Crippen molar-refractivity contribution in [3.8, 4) is 0 Å². The molecule has 1 aromatic heterocycles. The van der Waals surface area contributed by atoms with E-state index in [-0.39, 0.29) is 30.3 Å². The third kappa shape index (κ3) is 3.51. The number of nitrogens with one attached hydrogen (secondary N) is 1. The molecule has 3 aromatic carbocycles. The molecule has 1 saturated heterocycles. The van der Waals surface area contributed by atoms with Gasteiger partial charge in [0.05, 0.1) is 29.1 Å². The Hall–Kier alpha value is -4.00. The molecule has 32 heavy (non-hydrogen) atoms. The monoisotopic (exact) mass is 426 g/mol. The lowest BCUT2D eigenvalue weighted by Crippen LogP contribution is -2.35. The summed E-state index contributed by atoms with van der Waals surface area (Å²) in [6.07, 6.45) is 0.161. The molecule has 1 fully saturated rings. The van der Waals surface area contributed by atoms with Gasteiger partial charge >= 0.3 is 0 Å². The molecule has 0 saturated carbocycles. The highest BCUT2D eigenvalue weighted by Gasteiger charge is 2.37. The first-order chi connectivity index (χ1) is 15.5. The topological polar surface area (TPSA) is 86.4 Å². The second-order valence-corrected chi connectivity index (χ2v) is 8.13. The molecule has 0 unspecified atom stereocenters. The molecular weight excluding hydrogens is 404 g/mol. The van der Waals surface area contributed by atoms with Crippen LogP contribution in [0.5, 0.6) is 0 Å². The van der Waals surface area contributed by atoms with Crippen LogP contribution < -0.4 is 10.5 Å². The molecule has 2 amide bonds. The average molecular weight is 426 g/mol. The summed E-state index contributed by atoms with van der Waals surface area (Å²) < 4.78 is 0. The number of rotatable bonds is 4. The van der Waals surface area contributed by atoms with E-state index in [1.54, 1.807) is 30.1 Å². The fourth-order valence-electron chi connectivity index (χ4n) is 4.37. The minimum Gasteiger partial charge on any atom is -0.338 e. The molecule has 0 radical (unpaired) electrons. The fraction of sp³-hybridized carbons (Fsp3) is 0.200. The third-order valence-electron chi connectivity index (χ3n) is 5.96. The normalized spacial score (nSPS) is 16.1. The highest BCUT2D eigenvalue weighted by molar-refractivity contribution is 6.07. The zero-order chi connectivity index (χ0) is 22.2. The van der Waals surface area contributed by atoms with Crippen molar-refractivity contribution in [2.45, 2.75) is 13.0 Å². The summed E-state index contributed by atoms with van der Waals surface area (Å²) in [6, 6.07) is 20.8. The Morgan fingerprint density at radius 3 is 2.59 bits per heavy atom. The predicted octanol–water partition coefficient (Wildman–Crippen LogP) is 3.09. The summed E-state index contributed by atoms with van der Waals surface area (Å²) in [4.78, 5) is 48.7. The van der Waals surface area contributed by atoms with Crippen molar-refractivity contribution in [1.82, 2.24) is 14.9 Å². The van der Waals surface area contributed by atoms with Crippen LogP contribution in [0.25, 0.3) is 21.7 Å². The van der Waals surface area contributed by atoms with Gasteiger partial charge in [0.25, 0.3) is 5.56 Å². The SMILES string of the molecule is CN(Cc1nc2ccccc2c(=O)[nH]1)C(=O)[C@@H]1CC(=O)N(c2cccc3ccccc23)C1. The lowest BCUT2D eigenvalue weighted by molar-refractivity contribution is -0.135. The first kappa shape index (κ1) is 19.9. The van der Waals surface area contributed by atoms with Crippen molar-refractivity contribution in [2.24, 2.45) is 5.92 Å². The molecule has 5 rings (SSSR count). The number of amides is 2. The molecule has 7 nitrogen and oxygen atoms in total. The van der Waals surface area contributed by atoms with E-state index in [0.29, 0.717) is 23.3 Å². The Labute approximate surface area is 184 Å². The largest absolute Gasteiger partial charge is 0.338 e. The van der Waals surface area contributed by atoms with E-state index in [4.69, 9.17) is 0 Å². The number of hydrogen-bond acceptors (Lipinski definition) is 4. The molecule has 0 spiro atoms. The number of carbonyl (C=O) groups excluding carboxylic acids is 2. The lowest BCUT2D eigenvalue weighted by atomic mass is 10.1. The summed E-state index contributed by atoms with van der Waals surface area (Å²) in [6.45, 7) is 0.496. The van der Waals surface area contributed by atoms with Crippen LogP contribution >= 0.6 is 0 Å². The van der Waals surface area contributed by atoms with E-state index >= 15 is 0 Å². The van der Waals surface area contributed by atoms with Gasteiger partial charge in [-0.1, -0.05) is 48.5 Å². The standard InChI is InChI=1S/C25H22N4O3/c1-28(15-22-26-20-11-5-4-10-19(20)24(31)27-22)25(32)17-13-23(30)29(14-17)21-12-6-8-16-7-2-3-9-18(16)21/h2-12,17H,13-15H2,1H3,(H,26,27,31)/t17-/m1/s1. The Morgan fingerprint density at radius 1 is 1.03 bits per heavy atom. The minimum atomic E-state index is -0.446. The van der Waals surface area contributed by atoms with Crippen LogP contribution in [0, 0.1) is 5.92 Å². The van der Waals surface area contributed by atoms with Gasteiger partial charge in [0.15, 0.2) is 0 Å². The summed E-state index contributed by atoms with van der Waals surface area (Å²) in [5, 5.41) is 2.55. The number of H-pyrrole nitrogens is 1. The van der Waals surface area contributed by atoms with Crippen LogP contribution in [0.15, 0.2) is 71.5 Å². The van der Waals surface area contributed by atoms with Gasteiger partial charge < -0.3 is 14.8 Å². The van der Waals surface area contributed by atoms with E-state index in [9.17, 15) is 14.4 Å². The van der Waals surface area contributed by atoms with Gasteiger partial charge in [-0.05, 0) is 23.6 Å². The van der Waals surface area contributed by atoms with Gasteiger partial charge in [-0.3, -0.25) is 14.4 Å². The molecule has 1 aliphatic heterocycles. The smallest absolute Gasteiger partial charge is 0.258 e. The number of fused-ring (bicyclic) bond motifs is 2. The van der Waals surface area contributed by atoms with Crippen molar-refractivity contribution in [3.05, 3.63) is 82.9 Å². The number of aromatic amines is 1. The first-order valence-electron chi connectivity index (χ1n) is 10.5. The molecule has 0 bridgehead atoms. The Balaban J connectivity index is 1.35. The zero-order valence-corrected chi connectivity index (χ0v) is 17.6. The van der Waals surface area contributed by atoms with Crippen molar-refractivity contribution in [1.29, 1.82) is 0 Å². The molecule has 7 heteroatoms. The van der Waals surface area contributed by atoms with E-state index < -0.39 is 5.92 Å². The van der Waals surface area contributed by atoms with Gasteiger partial charge in [0.1, 0.15) is 5.82 Å². The molecule has 1 aliphatic rings. The Bertz CT molecular complexity index is 1410. The second-order valence-electron chi connectivity index (χ2n) is 8.13. The average Bonchev–Trinajstić information content (AvgIpc) is 3.19. The maximum absolute atomic E-state index is 13.1. The molecule has 160 valence electrons. The summed E-state index contributed by atoms with van der Waals surface area (Å²) in [5.41, 5.74) is 1.18. The zero-order valence-electron chi connectivity index (χ0n) is 17.6.